The lowest BCUT2D eigenvalue weighted by atomic mass is 10.1. The molecule has 3 aliphatic rings. The zero-order valence-corrected chi connectivity index (χ0v) is 51.4. The molecule has 3 aliphatic heterocycles. The molecule has 0 aromatic heterocycles. The van der Waals surface area contributed by atoms with Gasteiger partial charge in [0.25, 0.3) is 11.8 Å². The molecule has 0 aliphatic carbocycles. The fourth-order valence-electron chi connectivity index (χ4n) is 8.66. The number of hydrogen-bond donors (Lipinski definition) is 2. The molecule has 0 radical (unpaired) electrons. The van der Waals surface area contributed by atoms with Crippen molar-refractivity contribution in [3.05, 3.63) is 323 Å². The van der Waals surface area contributed by atoms with E-state index in [1.165, 1.54) is 0 Å². The molecule has 93 heavy (non-hydrogen) atoms. The number of carbonyl (C=O) groups is 6. The molecule has 0 saturated carbocycles. The Hall–Kier alpha value is -11.6. The number of carboxylic acids is 1. The van der Waals surface area contributed by atoms with Crippen LogP contribution in [0.5, 0.6) is 0 Å². The number of Topliss-reactive ketones (excluding diaryl/α,β-unsaturated/α-hetero) is 1. The summed E-state index contributed by atoms with van der Waals surface area (Å²) in [6.45, 7) is 5.66. The van der Waals surface area contributed by atoms with Gasteiger partial charge in [-0.2, -0.15) is 0 Å². The summed E-state index contributed by atoms with van der Waals surface area (Å²) in [4.78, 5) is 85.1. The van der Waals surface area contributed by atoms with Crippen LogP contribution in [0, 0.1) is 0 Å². The summed E-state index contributed by atoms with van der Waals surface area (Å²) in [5.74, 6) is 0.357. The van der Waals surface area contributed by atoms with Crippen LogP contribution in [-0.4, -0.2) is 136 Å². The minimum Gasteiger partial charge on any atom is -0.478 e. The summed E-state index contributed by atoms with van der Waals surface area (Å²) in [5, 5.41) is 11.2. The fraction of sp³-hybridized carbons (Fsp3) is 0.171. The Balaban J connectivity index is 0.000000169. The van der Waals surface area contributed by atoms with Gasteiger partial charge in [0.1, 0.15) is 26.4 Å². The van der Waals surface area contributed by atoms with Gasteiger partial charge in [0.15, 0.2) is 5.78 Å². The largest absolute Gasteiger partial charge is 0.478 e. The standard InChI is InChI=1S/C25H24N2O4.C17H16O3.3C9H9NO.C7H6O2/c28-23(20-10-4-1-5-11-20)26-16-17-27(24(29)21-12-6-2-7-13-21)18-19-31-25(30)22-14-8-3-9-15-22;18-16(14-8-3-1-4-9-14)12-7-13-20-17(19)15-10-5-2-6-11-15;3*1-2-4-8(5-3-1)9-10-6-7-11-9;8-7(9)6-4-2-1-3-5-6/h1-15H,16-19H2,(H,26,28);1-6,8-11H,7,12-13H2;3*1-5H,6-7H2;1-5H,(H,8,9). The summed E-state index contributed by atoms with van der Waals surface area (Å²) < 4.78 is 26.3. The van der Waals surface area contributed by atoms with Crippen LogP contribution in [0.25, 0.3) is 0 Å². The number of ketones is 1. The van der Waals surface area contributed by atoms with E-state index in [2.05, 4.69) is 20.3 Å². The SMILES string of the molecule is O=C(CCCOC(=O)c1ccccc1)c1ccccc1.O=C(NCCN(CCOC(=O)c1ccccc1)C(=O)c1ccccc1)c1ccccc1.O=C(O)c1ccccc1.c1ccc(C2=NCCO2)cc1.c1ccc(C2=NCCO2)cc1.c1ccc(C2=NCCO2)cc1. The van der Waals surface area contributed by atoms with Gasteiger partial charge >= 0.3 is 17.9 Å². The highest BCUT2D eigenvalue weighted by atomic mass is 16.5. The molecule has 2 amide bonds. The topological polar surface area (TPSA) is 221 Å². The number of aromatic carboxylic acids is 1. The second-order valence-corrected chi connectivity index (χ2v) is 20.1. The van der Waals surface area contributed by atoms with Crippen LogP contribution < -0.4 is 5.32 Å². The zero-order valence-electron chi connectivity index (χ0n) is 51.4. The van der Waals surface area contributed by atoms with Crippen LogP contribution in [0.2, 0.25) is 0 Å². The van der Waals surface area contributed by atoms with E-state index in [0.717, 1.165) is 73.8 Å². The van der Waals surface area contributed by atoms with Crippen LogP contribution in [0.3, 0.4) is 0 Å². The minimum atomic E-state index is -0.879. The number of carboxylic acid groups (broad SMARTS) is 1. The molecule has 0 saturated heterocycles. The van der Waals surface area contributed by atoms with Gasteiger partial charge in [-0.05, 0) is 103 Å². The molecule has 3 heterocycles. The molecular formula is C76H73N5O12. The van der Waals surface area contributed by atoms with Gasteiger partial charge in [-0.15, -0.1) is 0 Å². The quantitative estimate of drug-likeness (QED) is 0.0438. The molecule has 17 heteroatoms. The number of nitrogens with one attached hydrogen (secondary N) is 1. The third-order valence-electron chi connectivity index (χ3n) is 13.3. The summed E-state index contributed by atoms with van der Waals surface area (Å²) in [5.41, 5.74) is 6.33. The summed E-state index contributed by atoms with van der Waals surface area (Å²) in [6, 6.07) is 82.6. The number of hydrogen-bond acceptors (Lipinski definition) is 14. The fourth-order valence-corrected chi connectivity index (χ4v) is 8.66. The van der Waals surface area contributed by atoms with Gasteiger partial charge in [-0.3, -0.25) is 14.4 Å². The van der Waals surface area contributed by atoms with Crippen molar-refractivity contribution in [2.24, 2.45) is 15.0 Å². The second-order valence-electron chi connectivity index (χ2n) is 20.1. The van der Waals surface area contributed by atoms with Crippen LogP contribution in [0.15, 0.2) is 288 Å². The Morgan fingerprint density at radius 1 is 0.387 bits per heavy atom. The smallest absolute Gasteiger partial charge is 0.338 e. The average molecular weight is 1250 g/mol. The van der Waals surface area contributed by atoms with Crippen molar-refractivity contribution in [2.75, 3.05) is 72.3 Å². The van der Waals surface area contributed by atoms with Crippen molar-refractivity contribution >= 4 is 53.2 Å². The number of amides is 2. The predicted octanol–water partition coefficient (Wildman–Crippen LogP) is 12.7. The molecule has 0 spiro atoms. The first-order valence-electron chi connectivity index (χ1n) is 30.3. The highest BCUT2D eigenvalue weighted by molar-refractivity contribution is 5.98. The van der Waals surface area contributed by atoms with E-state index in [-0.39, 0.29) is 56.4 Å². The number of aliphatic imine (C=N–C) groups is 3. The first kappa shape index (κ1) is 68.9. The van der Waals surface area contributed by atoms with Crippen molar-refractivity contribution in [3.8, 4) is 0 Å². The molecule has 0 bridgehead atoms. The van der Waals surface area contributed by atoms with Crippen molar-refractivity contribution in [2.45, 2.75) is 12.8 Å². The first-order chi connectivity index (χ1) is 45.6. The van der Waals surface area contributed by atoms with Gasteiger partial charge in [0, 0.05) is 52.9 Å². The molecule has 2 N–H and O–H groups in total. The Bertz CT molecular complexity index is 3520. The predicted molar refractivity (Wildman–Crippen MR) is 359 cm³/mol. The van der Waals surface area contributed by atoms with Crippen LogP contribution in [0.1, 0.15) is 91.7 Å². The Morgan fingerprint density at radius 3 is 1.05 bits per heavy atom. The molecule has 17 nitrogen and oxygen atoms in total. The third kappa shape index (κ3) is 25.1. The van der Waals surface area contributed by atoms with Crippen molar-refractivity contribution in [1.82, 2.24) is 10.2 Å². The number of carbonyl (C=O) groups excluding carboxylic acids is 5. The van der Waals surface area contributed by atoms with Crippen LogP contribution in [0.4, 0.5) is 0 Å². The molecule has 9 aromatic rings. The summed E-state index contributed by atoms with van der Waals surface area (Å²) in [6.07, 6.45) is 0.915. The molecule has 12 rings (SSSR count). The van der Waals surface area contributed by atoms with Gasteiger partial charge in [0.2, 0.25) is 17.7 Å². The van der Waals surface area contributed by atoms with E-state index < -0.39 is 11.9 Å². The van der Waals surface area contributed by atoms with Gasteiger partial charge in [-0.1, -0.05) is 176 Å². The lowest BCUT2D eigenvalue weighted by Crippen LogP contribution is -2.40. The molecule has 9 aromatic carbocycles. The highest BCUT2D eigenvalue weighted by Crippen LogP contribution is 2.12. The van der Waals surface area contributed by atoms with E-state index >= 15 is 0 Å². The van der Waals surface area contributed by atoms with E-state index in [0.29, 0.717) is 46.2 Å². The van der Waals surface area contributed by atoms with E-state index in [1.54, 1.807) is 144 Å². The molecule has 0 fully saturated rings. The normalized spacial score (nSPS) is 12.0. The highest BCUT2D eigenvalue weighted by Gasteiger charge is 2.18. The third-order valence-corrected chi connectivity index (χ3v) is 13.3. The lowest BCUT2D eigenvalue weighted by molar-refractivity contribution is 0.0435. The van der Waals surface area contributed by atoms with Crippen molar-refractivity contribution in [1.29, 1.82) is 0 Å². The van der Waals surface area contributed by atoms with Crippen molar-refractivity contribution < 1.29 is 57.6 Å². The number of benzene rings is 9. The Labute approximate surface area is 541 Å². The van der Waals surface area contributed by atoms with E-state index in [4.69, 9.17) is 28.8 Å². The maximum absolute atomic E-state index is 12.9. The Kier molecular flexibility index (Phi) is 29.7. The van der Waals surface area contributed by atoms with Crippen LogP contribution in [-0.2, 0) is 23.7 Å². The summed E-state index contributed by atoms with van der Waals surface area (Å²) in [7, 11) is 0. The maximum Gasteiger partial charge on any atom is 0.338 e. The monoisotopic (exact) mass is 1250 g/mol. The average Bonchev–Trinajstić information content (AvgIpc) is 4.26. The molecule has 0 unspecified atom stereocenters. The summed E-state index contributed by atoms with van der Waals surface area (Å²) >= 11 is 0. The molecule has 0 atom stereocenters. The number of rotatable bonds is 19. The Morgan fingerprint density at radius 2 is 0.710 bits per heavy atom. The number of nitrogens with zero attached hydrogens (tertiary/aromatic N) is 4. The van der Waals surface area contributed by atoms with Gasteiger partial charge in [0.05, 0.1) is 49.5 Å². The molecule has 474 valence electrons. The van der Waals surface area contributed by atoms with Gasteiger partial charge in [-0.25, -0.2) is 29.4 Å². The van der Waals surface area contributed by atoms with Crippen LogP contribution >= 0.6 is 0 Å². The van der Waals surface area contributed by atoms with Gasteiger partial charge < -0.3 is 39.0 Å². The minimum absolute atomic E-state index is 0.0545. The lowest BCUT2D eigenvalue weighted by Gasteiger charge is -2.23. The number of ether oxygens (including phenoxy) is 5. The van der Waals surface area contributed by atoms with E-state index in [9.17, 15) is 28.8 Å². The second kappa shape index (κ2) is 40.1. The molecular weight excluding hydrogens is 1170 g/mol. The first-order valence-corrected chi connectivity index (χ1v) is 30.3. The van der Waals surface area contributed by atoms with Crippen molar-refractivity contribution in [3.63, 3.8) is 0 Å². The zero-order chi connectivity index (χ0) is 65.3. The number of esters is 2. The maximum atomic E-state index is 12.9. The van der Waals surface area contributed by atoms with E-state index in [1.807, 2.05) is 133 Å².